The van der Waals surface area contributed by atoms with E-state index in [-0.39, 0.29) is 30.5 Å². The Morgan fingerprint density at radius 2 is 2.24 bits per heavy atom. The highest BCUT2D eigenvalue weighted by Gasteiger charge is 2.37. The van der Waals surface area contributed by atoms with Gasteiger partial charge in [-0.2, -0.15) is 5.10 Å². The fraction of sp³-hybridized carbons (Fsp3) is 0.706. The molecule has 2 N–H and O–H groups in total. The van der Waals surface area contributed by atoms with Crippen molar-refractivity contribution in [1.29, 1.82) is 0 Å². The van der Waals surface area contributed by atoms with Crippen LogP contribution in [0.4, 0.5) is 0 Å². The normalized spacial score (nSPS) is 30.1. The molecule has 8 heteroatoms. The highest BCUT2D eigenvalue weighted by Crippen LogP contribution is 2.24. The van der Waals surface area contributed by atoms with E-state index in [1.807, 2.05) is 11.8 Å². The zero-order valence-electron chi connectivity index (χ0n) is 14.7. The first-order valence-electron chi connectivity index (χ1n) is 8.83. The number of hydrogen-bond donors (Lipinski definition) is 2. The monoisotopic (exact) mass is 350 g/mol. The Morgan fingerprint density at radius 3 is 2.92 bits per heavy atom. The topological polar surface area (TPSA) is 96.6 Å². The SMILES string of the molecule is CC1CCN(C(=O)Cc2ccn[nH]2)C(C)C1NC(=O)C1COCCO1. The number of aromatic nitrogens is 2. The predicted octanol–water partition coefficient (Wildman–Crippen LogP) is 0.109. The summed E-state index contributed by atoms with van der Waals surface area (Å²) in [5, 5.41) is 9.77. The van der Waals surface area contributed by atoms with E-state index in [4.69, 9.17) is 9.47 Å². The van der Waals surface area contributed by atoms with E-state index in [0.717, 1.165) is 12.1 Å². The molecule has 0 radical (unpaired) electrons. The molecule has 0 saturated carbocycles. The molecular weight excluding hydrogens is 324 g/mol. The van der Waals surface area contributed by atoms with Crippen molar-refractivity contribution in [2.45, 2.75) is 44.9 Å². The van der Waals surface area contributed by atoms with Crippen LogP contribution in [0.25, 0.3) is 0 Å². The number of H-pyrrole nitrogens is 1. The van der Waals surface area contributed by atoms with E-state index >= 15 is 0 Å². The van der Waals surface area contributed by atoms with Crippen molar-refractivity contribution in [2.24, 2.45) is 5.92 Å². The third kappa shape index (κ3) is 4.19. The minimum absolute atomic E-state index is 0.0418. The van der Waals surface area contributed by atoms with Gasteiger partial charge in [0.05, 0.1) is 32.3 Å². The molecule has 2 aliphatic heterocycles. The first-order chi connectivity index (χ1) is 12.1. The summed E-state index contributed by atoms with van der Waals surface area (Å²) in [6, 6.07) is 1.62. The summed E-state index contributed by atoms with van der Waals surface area (Å²) in [5.74, 6) is 0.172. The fourth-order valence-corrected chi connectivity index (χ4v) is 3.55. The zero-order valence-corrected chi connectivity index (χ0v) is 14.7. The van der Waals surface area contributed by atoms with E-state index in [9.17, 15) is 9.59 Å². The maximum absolute atomic E-state index is 12.6. The molecule has 0 aromatic carbocycles. The Hall–Kier alpha value is -1.93. The van der Waals surface area contributed by atoms with Crippen molar-refractivity contribution in [2.75, 3.05) is 26.4 Å². The van der Waals surface area contributed by atoms with Gasteiger partial charge in [0.2, 0.25) is 5.91 Å². The number of likely N-dealkylation sites (tertiary alicyclic amines) is 1. The maximum Gasteiger partial charge on any atom is 0.251 e. The molecule has 0 bridgehead atoms. The van der Waals surface area contributed by atoms with Gasteiger partial charge in [0.1, 0.15) is 0 Å². The molecular formula is C17H26N4O4. The van der Waals surface area contributed by atoms with E-state index < -0.39 is 6.10 Å². The van der Waals surface area contributed by atoms with Crippen LogP contribution in [0.1, 0.15) is 26.0 Å². The first kappa shape index (κ1) is 17.9. The Bertz CT molecular complexity index is 585. The molecule has 2 aliphatic rings. The largest absolute Gasteiger partial charge is 0.376 e. The van der Waals surface area contributed by atoms with Gasteiger partial charge in [-0.05, 0) is 25.3 Å². The Kier molecular flexibility index (Phi) is 5.70. The molecule has 3 heterocycles. The van der Waals surface area contributed by atoms with Crippen LogP contribution in [0, 0.1) is 5.92 Å². The van der Waals surface area contributed by atoms with Gasteiger partial charge in [0.15, 0.2) is 6.10 Å². The van der Waals surface area contributed by atoms with Crippen molar-refractivity contribution in [3.63, 3.8) is 0 Å². The number of hydrogen-bond acceptors (Lipinski definition) is 5. The van der Waals surface area contributed by atoms with Crippen LogP contribution in [-0.2, 0) is 25.5 Å². The molecule has 1 aromatic rings. The fourth-order valence-electron chi connectivity index (χ4n) is 3.55. The molecule has 3 rings (SSSR count). The predicted molar refractivity (Wildman–Crippen MR) is 89.7 cm³/mol. The summed E-state index contributed by atoms with van der Waals surface area (Å²) in [4.78, 5) is 26.9. The number of carbonyl (C=O) groups excluding carboxylic acids is 2. The molecule has 25 heavy (non-hydrogen) atoms. The summed E-state index contributed by atoms with van der Waals surface area (Å²) >= 11 is 0. The number of nitrogens with zero attached hydrogens (tertiary/aromatic N) is 2. The second-order valence-corrected chi connectivity index (χ2v) is 6.82. The van der Waals surface area contributed by atoms with Gasteiger partial charge in [-0.15, -0.1) is 0 Å². The van der Waals surface area contributed by atoms with Gasteiger partial charge >= 0.3 is 0 Å². The molecule has 2 fully saturated rings. The molecule has 0 spiro atoms. The van der Waals surface area contributed by atoms with Crippen molar-refractivity contribution in [3.05, 3.63) is 18.0 Å². The number of amides is 2. The molecule has 0 aliphatic carbocycles. The van der Waals surface area contributed by atoms with Crippen LogP contribution < -0.4 is 5.32 Å². The lowest BCUT2D eigenvalue weighted by Crippen LogP contribution is -2.61. The van der Waals surface area contributed by atoms with Crippen LogP contribution in [-0.4, -0.2) is 71.5 Å². The second kappa shape index (κ2) is 7.97. The van der Waals surface area contributed by atoms with E-state index in [1.165, 1.54) is 0 Å². The third-order valence-corrected chi connectivity index (χ3v) is 5.09. The number of rotatable bonds is 4. The number of carbonyl (C=O) groups is 2. The molecule has 2 saturated heterocycles. The van der Waals surface area contributed by atoms with Crippen molar-refractivity contribution >= 4 is 11.8 Å². The smallest absolute Gasteiger partial charge is 0.251 e. The average Bonchev–Trinajstić information content (AvgIpc) is 3.12. The molecule has 1 aromatic heterocycles. The van der Waals surface area contributed by atoms with Gasteiger partial charge in [0.25, 0.3) is 5.91 Å². The lowest BCUT2D eigenvalue weighted by molar-refractivity contribution is -0.150. The number of piperidine rings is 1. The maximum atomic E-state index is 12.6. The van der Waals surface area contributed by atoms with Crippen LogP contribution in [0.15, 0.2) is 12.3 Å². The number of ether oxygens (including phenoxy) is 2. The minimum Gasteiger partial charge on any atom is -0.376 e. The summed E-state index contributed by atoms with van der Waals surface area (Å²) < 4.78 is 10.8. The number of aromatic amines is 1. The average molecular weight is 350 g/mol. The Morgan fingerprint density at radius 1 is 1.40 bits per heavy atom. The van der Waals surface area contributed by atoms with Crippen LogP contribution >= 0.6 is 0 Å². The lowest BCUT2D eigenvalue weighted by atomic mass is 9.87. The highest BCUT2D eigenvalue weighted by atomic mass is 16.6. The highest BCUT2D eigenvalue weighted by molar-refractivity contribution is 5.82. The number of nitrogens with one attached hydrogen (secondary N) is 2. The minimum atomic E-state index is -0.566. The van der Waals surface area contributed by atoms with Crippen LogP contribution in [0.3, 0.4) is 0 Å². The summed E-state index contributed by atoms with van der Waals surface area (Å²) in [7, 11) is 0. The van der Waals surface area contributed by atoms with Gasteiger partial charge in [0, 0.05) is 24.5 Å². The van der Waals surface area contributed by atoms with Crippen molar-refractivity contribution in [3.8, 4) is 0 Å². The lowest BCUT2D eigenvalue weighted by Gasteiger charge is -2.43. The Labute approximate surface area is 147 Å². The third-order valence-electron chi connectivity index (χ3n) is 5.09. The summed E-state index contributed by atoms with van der Waals surface area (Å²) in [6.07, 6.45) is 2.22. The molecule has 138 valence electrons. The molecule has 8 nitrogen and oxygen atoms in total. The van der Waals surface area contributed by atoms with Crippen LogP contribution in [0.2, 0.25) is 0 Å². The van der Waals surface area contributed by atoms with Gasteiger partial charge in [-0.1, -0.05) is 6.92 Å². The van der Waals surface area contributed by atoms with E-state index in [2.05, 4.69) is 22.4 Å². The quantitative estimate of drug-likeness (QED) is 0.803. The van der Waals surface area contributed by atoms with Gasteiger partial charge in [-0.3, -0.25) is 14.7 Å². The van der Waals surface area contributed by atoms with Crippen molar-refractivity contribution < 1.29 is 19.1 Å². The molecule has 2 amide bonds. The summed E-state index contributed by atoms with van der Waals surface area (Å²) in [5.41, 5.74) is 0.796. The van der Waals surface area contributed by atoms with E-state index in [1.54, 1.807) is 12.3 Å². The molecule has 4 unspecified atom stereocenters. The zero-order chi connectivity index (χ0) is 17.8. The summed E-state index contributed by atoms with van der Waals surface area (Å²) in [6.45, 7) is 6.03. The van der Waals surface area contributed by atoms with Crippen molar-refractivity contribution in [1.82, 2.24) is 20.4 Å². The second-order valence-electron chi connectivity index (χ2n) is 6.82. The first-order valence-corrected chi connectivity index (χ1v) is 8.83. The molecule has 4 atom stereocenters. The van der Waals surface area contributed by atoms with Gasteiger partial charge < -0.3 is 19.7 Å². The van der Waals surface area contributed by atoms with E-state index in [0.29, 0.717) is 32.1 Å². The Balaban J connectivity index is 1.62. The van der Waals surface area contributed by atoms with Crippen LogP contribution in [0.5, 0.6) is 0 Å². The van der Waals surface area contributed by atoms with Gasteiger partial charge in [-0.25, -0.2) is 0 Å². The standard InChI is InChI=1S/C17H26N4O4/c1-11-4-6-21(15(22)9-13-3-5-18-20-13)12(2)16(11)19-17(23)14-10-24-7-8-25-14/h3,5,11-12,14,16H,4,6-10H2,1-2H3,(H,18,20)(H,19,23).